The van der Waals surface area contributed by atoms with Gasteiger partial charge in [0.1, 0.15) is 0 Å². The van der Waals surface area contributed by atoms with E-state index in [1.807, 2.05) is 0 Å². The van der Waals surface area contributed by atoms with Gasteiger partial charge in [-0.25, -0.2) is 0 Å². The fourth-order valence-electron chi connectivity index (χ4n) is 1.85. The van der Waals surface area contributed by atoms with Gasteiger partial charge in [-0.05, 0) is 25.8 Å². The molecule has 0 aliphatic carbocycles. The molecule has 1 unspecified atom stereocenters. The quantitative estimate of drug-likeness (QED) is 0.667. The molecule has 0 amide bonds. The Morgan fingerprint density at radius 2 is 2.17 bits per heavy atom. The number of hydrogen-bond donors (Lipinski definition) is 1. The summed E-state index contributed by atoms with van der Waals surface area (Å²) in [7, 11) is 3.50. The molecule has 1 saturated heterocycles. The molecule has 0 radical (unpaired) electrons. The van der Waals surface area contributed by atoms with Crippen molar-refractivity contribution in [1.29, 1.82) is 0 Å². The van der Waals surface area contributed by atoms with Gasteiger partial charge < -0.3 is 14.8 Å². The molecule has 1 heterocycles. The predicted octanol–water partition coefficient (Wildman–Crippen LogP) is 0.791. The number of methoxy groups -OCH3 is 2. The van der Waals surface area contributed by atoms with Gasteiger partial charge in [0, 0.05) is 26.4 Å². The minimum absolute atomic E-state index is 0.199. The van der Waals surface area contributed by atoms with E-state index >= 15 is 0 Å². The summed E-state index contributed by atoms with van der Waals surface area (Å²) in [4.78, 5) is 0. The smallest absolute Gasteiger partial charge is 0.0645 e. The van der Waals surface area contributed by atoms with Crippen LogP contribution in [0.4, 0.5) is 0 Å². The number of hydrogen-bond acceptors (Lipinski definition) is 3. The lowest BCUT2D eigenvalue weighted by Gasteiger charge is -2.28. The summed E-state index contributed by atoms with van der Waals surface area (Å²) in [6.45, 7) is 2.74. The van der Waals surface area contributed by atoms with Crippen LogP contribution in [0.15, 0.2) is 0 Å². The van der Waals surface area contributed by atoms with E-state index in [1.54, 1.807) is 14.2 Å². The average molecular weight is 173 g/mol. The molecule has 12 heavy (non-hydrogen) atoms. The third-order valence-electron chi connectivity index (χ3n) is 2.54. The highest BCUT2D eigenvalue weighted by Crippen LogP contribution is 2.23. The lowest BCUT2D eigenvalue weighted by atomic mass is 9.95. The summed E-state index contributed by atoms with van der Waals surface area (Å²) < 4.78 is 10.3. The standard InChI is InChI=1S/C9H19NO2/c1-11-7-5-9(8-12-2)4-3-6-10-9/h10H,3-8H2,1-2H3. The average Bonchev–Trinajstić information content (AvgIpc) is 2.51. The van der Waals surface area contributed by atoms with Gasteiger partial charge in [0.05, 0.1) is 6.61 Å². The first-order valence-electron chi connectivity index (χ1n) is 4.56. The van der Waals surface area contributed by atoms with Gasteiger partial charge in [-0.1, -0.05) is 0 Å². The van der Waals surface area contributed by atoms with Crippen LogP contribution in [-0.4, -0.2) is 39.5 Å². The van der Waals surface area contributed by atoms with Crippen molar-refractivity contribution in [3.05, 3.63) is 0 Å². The Hall–Kier alpha value is -0.120. The van der Waals surface area contributed by atoms with Crippen molar-refractivity contribution in [3.63, 3.8) is 0 Å². The number of nitrogens with one attached hydrogen (secondary N) is 1. The van der Waals surface area contributed by atoms with E-state index in [-0.39, 0.29) is 5.54 Å². The van der Waals surface area contributed by atoms with Crippen LogP contribution in [-0.2, 0) is 9.47 Å². The maximum atomic E-state index is 5.21. The van der Waals surface area contributed by atoms with Gasteiger partial charge in [-0.3, -0.25) is 0 Å². The maximum Gasteiger partial charge on any atom is 0.0645 e. The zero-order chi connectivity index (χ0) is 8.86. The van der Waals surface area contributed by atoms with Gasteiger partial charge in [0.15, 0.2) is 0 Å². The summed E-state index contributed by atoms with van der Waals surface area (Å²) in [6.07, 6.45) is 3.52. The van der Waals surface area contributed by atoms with Crippen LogP contribution in [0.3, 0.4) is 0 Å². The minimum Gasteiger partial charge on any atom is -0.385 e. The van der Waals surface area contributed by atoms with Gasteiger partial charge in [0.2, 0.25) is 0 Å². The molecule has 0 spiro atoms. The molecule has 0 aromatic rings. The van der Waals surface area contributed by atoms with Crippen molar-refractivity contribution in [3.8, 4) is 0 Å². The van der Waals surface area contributed by atoms with Crippen LogP contribution in [0.5, 0.6) is 0 Å². The summed E-state index contributed by atoms with van der Waals surface area (Å²) in [5.41, 5.74) is 0.199. The molecule has 0 aromatic heterocycles. The van der Waals surface area contributed by atoms with Crippen molar-refractivity contribution in [2.75, 3.05) is 34.0 Å². The predicted molar refractivity (Wildman–Crippen MR) is 48.3 cm³/mol. The molecule has 1 rings (SSSR count). The second-order valence-electron chi connectivity index (χ2n) is 3.49. The largest absolute Gasteiger partial charge is 0.385 e. The lowest BCUT2D eigenvalue weighted by molar-refractivity contribution is 0.0878. The number of ether oxygens (including phenoxy) is 2. The third-order valence-corrected chi connectivity index (χ3v) is 2.54. The van der Waals surface area contributed by atoms with Gasteiger partial charge >= 0.3 is 0 Å². The fourth-order valence-corrected chi connectivity index (χ4v) is 1.85. The monoisotopic (exact) mass is 173 g/mol. The van der Waals surface area contributed by atoms with Crippen molar-refractivity contribution >= 4 is 0 Å². The highest BCUT2D eigenvalue weighted by molar-refractivity contribution is 4.92. The third kappa shape index (κ3) is 2.44. The van der Waals surface area contributed by atoms with Gasteiger partial charge in [0.25, 0.3) is 0 Å². The first kappa shape index (κ1) is 9.96. The Morgan fingerprint density at radius 3 is 2.67 bits per heavy atom. The van der Waals surface area contributed by atoms with Crippen molar-refractivity contribution < 1.29 is 9.47 Å². The zero-order valence-corrected chi connectivity index (χ0v) is 8.06. The highest BCUT2D eigenvalue weighted by Gasteiger charge is 2.32. The van der Waals surface area contributed by atoms with E-state index in [2.05, 4.69) is 5.32 Å². The molecule has 0 saturated carbocycles. The van der Waals surface area contributed by atoms with Gasteiger partial charge in [-0.2, -0.15) is 0 Å². The van der Waals surface area contributed by atoms with Crippen LogP contribution in [0.2, 0.25) is 0 Å². The summed E-state index contributed by atoms with van der Waals surface area (Å²) in [6, 6.07) is 0. The highest BCUT2D eigenvalue weighted by atomic mass is 16.5. The molecule has 0 aromatic carbocycles. The fraction of sp³-hybridized carbons (Fsp3) is 1.00. The molecule has 3 heteroatoms. The lowest BCUT2D eigenvalue weighted by Crippen LogP contribution is -2.44. The summed E-state index contributed by atoms with van der Waals surface area (Å²) >= 11 is 0. The topological polar surface area (TPSA) is 30.5 Å². The minimum atomic E-state index is 0.199. The van der Waals surface area contributed by atoms with E-state index in [0.29, 0.717) is 0 Å². The normalized spacial score (nSPS) is 29.5. The molecular formula is C9H19NO2. The van der Waals surface area contributed by atoms with E-state index in [0.717, 1.165) is 26.2 Å². The zero-order valence-electron chi connectivity index (χ0n) is 8.06. The second kappa shape index (κ2) is 4.80. The van der Waals surface area contributed by atoms with Gasteiger partial charge in [-0.15, -0.1) is 0 Å². The van der Waals surface area contributed by atoms with Crippen LogP contribution in [0.25, 0.3) is 0 Å². The molecular weight excluding hydrogens is 154 g/mol. The molecule has 0 bridgehead atoms. The molecule has 72 valence electrons. The molecule has 1 N–H and O–H groups in total. The first-order valence-corrected chi connectivity index (χ1v) is 4.56. The summed E-state index contributed by atoms with van der Waals surface area (Å²) in [5, 5.41) is 3.50. The Bertz CT molecular complexity index is 122. The van der Waals surface area contributed by atoms with Crippen molar-refractivity contribution in [1.82, 2.24) is 5.32 Å². The van der Waals surface area contributed by atoms with Crippen LogP contribution in [0, 0.1) is 0 Å². The maximum absolute atomic E-state index is 5.21. The Balaban J connectivity index is 2.35. The van der Waals surface area contributed by atoms with Crippen LogP contribution in [0.1, 0.15) is 19.3 Å². The molecule has 1 atom stereocenters. The Labute approximate surface area is 74.4 Å². The molecule has 1 aliphatic heterocycles. The molecule has 1 aliphatic rings. The Kier molecular flexibility index (Phi) is 3.98. The molecule has 1 fully saturated rings. The molecule has 3 nitrogen and oxygen atoms in total. The number of rotatable bonds is 5. The van der Waals surface area contributed by atoms with E-state index in [1.165, 1.54) is 12.8 Å². The Morgan fingerprint density at radius 1 is 1.33 bits per heavy atom. The van der Waals surface area contributed by atoms with E-state index < -0.39 is 0 Å². The van der Waals surface area contributed by atoms with Crippen LogP contribution < -0.4 is 5.32 Å². The summed E-state index contributed by atoms with van der Waals surface area (Å²) in [5.74, 6) is 0. The van der Waals surface area contributed by atoms with E-state index in [4.69, 9.17) is 9.47 Å². The van der Waals surface area contributed by atoms with Crippen molar-refractivity contribution in [2.45, 2.75) is 24.8 Å². The van der Waals surface area contributed by atoms with Crippen molar-refractivity contribution in [2.24, 2.45) is 0 Å². The van der Waals surface area contributed by atoms with E-state index in [9.17, 15) is 0 Å². The second-order valence-corrected chi connectivity index (χ2v) is 3.49. The van der Waals surface area contributed by atoms with Crippen LogP contribution >= 0.6 is 0 Å². The first-order chi connectivity index (χ1) is 5.83. The SMILES string of the molecule is COCCC1(COC)CCCN1.